The minimum Gasteiger partial charge on any atom is -0.466 e. The van der Waals surface area contributed by atoms with Crippen LogP contribution in [0.4, 0.5) is 0 Å². The van der Waals surface area contributed by atoms with Crippen molar-refractivity contribution in [2.75, 3.05) is 13.2 Å². The average Bonchev–Trinajstić information content (AvgIpc) is 3.14. The monoisotopic (exact) mass is 736 g/mol. The second-order valence-corrected chi connectivity index (χ2v) is 15.7. The molecule has 0 aromatic rings. The van der Waals surface area contributed by atoms with Crippen LogP contribution < -0.4 is 5.32 Å². The number of carbonyl (C=O) groups is 2. The van der Waals surface area contributed by atoms with Gasteiger partial charge in [0.25, 0.3) is 0 Å². The summed E-state index contributed by atoms with van der Waals surface area (Å²) in [4.78, 5) is 24.4. The summed E-state index contributed by atoms with van der Waals surface area (Å²) >= 11 is 0. The van der Waals surface area contributed by atoms with Crippen molar-refractivity contribution in [3.05, 3.63) is 12.2 Å². The summed E-state index contributed by atoms with van der Waals surface area (Å²) in [6, 6.07) is -0.640. The molecular formula is C46H89NO5. The van der Waals surface area contributed by atoms with Gasteiger partial charge in [-0.3, -0.25) is 9.59 Å². The van der Waals surface area contributed by atoms with Crippen LogP contribution in [0.1, 0.15) is 245 Å². The minimum atomic E-state index is -0.855. The van der Waals surface area contributed by atoms with Crippen LogP contribution in [0.15, 0.2) is 12.2 Å². The molecule has 0 rings (SSSR count). The van der Waals surface area contributed by atoms with Crippen LogP contribution in [0.5, 0.6) is 0 Å². The summed E-state index contributed by atoms with van der Waals surface area (Å²) in [5.74, 6) is -0.111. The highest BCUT2D eigenvalue weighted by atomic mass is 16.5. The van der Waals surface area contributed by atoms with E-state index >= 15 is 0 Å². The van der Waals surface area contributed by atoms with Gasteiger partial charge in [-0.1, -0.05) is 212 Å². The Hall–Kier alpha value is -1.40. The molecule has 2 atom stereocenters. The van der Waals surface area contributed by atoms with Gasteiger partial charge in [-0.2, -0.15) is 0 Å². The van der Waals surface area contributed by atoms with Crippen LogP contribution in [0.2, 0.25) is 0 Å². The number of nitrogens with one attached hydrogen (secondary N) is 1. The van der Waals surface area contributed by atoms with Crippen LogP contribution in [0, 0.1) is 0 Å². The number of esters is 1. The molecule has 0 aromatic carbocycles. The van der Waals surface area contributed by atoms with Crippen molar-refractivity contribution >= 4 is 11.9 Å². The standard InChI is InChI=1S/C46H89NO5/c1-3-5-7-9-11-13-14-15-16-17-18-19-24-28-32-36-40-46(51)52-41-37-33-29-25-21-20-23-27-31-35-39-45(50)47-43(42-48)44(49)38-34-30-26-22-12-10-8-6-4-2/h34,38,43-44,48-49H,3-33,35-37,39-42H2,1-2H3,(H,47,50)/b38-34+. The molecule has 0 spiro atoms. The molecule has 0 fully saturated rings. The zero-order chi connectivity index (χ0) is 38.0. The molecule has 2 unspecified atom stereocenters. The van der Waals surface area contributed by atoms with E-state index in [1.807, 2.05) is 6.08 Å². The Morgan fingerprint density at radius 2 is 0.885 bits per heavy atom. The van der Waals surface area contributed by atoms with Crippen molar-refractivity contribution in [1.29, 1.82) is 0 Å². The zero-order valence-electron chi connectivity index (χ0n) is 34.8. The predicted molar refractivity (Wildman–Crippen MR) is 223 cm³/mol. The van der Waals surface area contributed by atoms with Crippen molar-refractivity contribution in [3.63, 3.8) is 0 Å². The van der Waals surface area contributed by atoms with Gasteiger partial charge in [0.1, 0.15) is 0 Å². The van der Waals surface area contributed by atoms with Gasteiger partial charge in [-0.05, 0) is 32.1 Å². The Balaban J connectivity index is 3.46. The predicted octanol–water partition coefficient (Wildman–Crippen LogP) is 13.0. The number of hydrogen-bond acceptors (Lipinski definition) is 5. The van der Waals surface area contributed by atoms with E-state index < -0.39 is 12.1 Å². The van der Waals surface area contributed by atoms with Crippen LogP contribution in [0.25, 0.3) is 0 Å². The summed E-state index contributed by atoms with van der Waals surface area (Å²) in [7, 11) is 0. The SMILES string of the molecule is CCCCCCCCC/C=C/C(O)C(CO)NC(=O)CCCCCCCCCCCCOC(=O)CCCCCCCCCCCCCCCCCC. The maximum absolute atomic E-state index is 12.3. The van der Waals surface area contributed by atoms with Gasteiger partial charge >= 0.3 is 5.97 Å². The fourth-order valence-electron chi connectivity index (χ4n) is 6.98. The maximum Gasteiger partial charge on any atom is 0.305 e. The molecule has 308 valence electrons. The molecule has 6 nitrogen and oxygen atoms in total. The highest BCUT2D eigenvalue weighted by Crippen LogP contribution is 2.15. The Labute approximate surface area is 323 Å². The Morgan fingerprint density at radius 3 is 1.31 bits per heavy atom. The Morgan fingerprint density at radius 1 is 0.519 bits per heavy atom. The van der Waals surface area contributed by atoms with E-state index in [4.69, 9.17) is 4.74 Å². The number of allylic oxidation sites excluding steroid dienone is 1. The summed E-state index contributed by atoms with van der Waals surface area (Å²) < 4.78 is 5.45. The van der Waals surface area contributed by atoms with Crippen molar-refractivity contribution in [1.82, 2.24) is 5.32 Å². The second-order valence-electron chi connectivity index (χ2n) is 15.7. The molecule has 3 N–H and O–H groups in total. The highest BCUT2D eigenvalue weighted by Gasteiger charge is 2.18. The third-order valence-electron chi connectivity index (χ3n) is 10.6. The van der Waals surface area contributed by atoms with Gasteiger partial charge in [0.15, 0.2) is 0 Å². The molecule has 0 radical (unpaired) electrons. The van der Waals surface area contributed by atoms with Crippen molar-refractivity contribution < 1.29 is 24.5 Å². The summed E-state index contributed by atoms with van der Waals surface area (Å²) in [5, 5.41) is 22.8. The van der Waals surface area contributed by atoms with E-state index in [0.717, 1.165) is 57.8 Å². The van der Waals surface area contributed by atoms with Crippen LogP contribution in [0.3, 0.4) is 0 Å². The highest BCUT2D eigenvalue weighted by molar-refractivity contribution is 5.76. The third-order valence-corrected chi connectivity index (χ3v) is 10.6. The second kappa shape index (κ2) is 42.3. The number of aliphatic hydroxyl groups excluding tert-OH is 2. The molecule has 0 saturated carbocycles. The summed E-state index contributed by atoms with van der Waals surface area (Å²) in [6.45, 7) is 4.82. The average molecular weight is 736 g/mol. The van der Waals surface area contributed by atoms with E-state index in [1.54, 1.807) is 6.08 Å². The molecule has 0 aromatic heterocycles. The zero-order valence-corrected chi connectivity index (χ0v) is 34.8. The van der Waals surface area contributed by atoms with Gasteiger partial charge in [-0.15, -0.1) is 0 Å². The maximum atomic E-state index is 12.3. The van der Waals surface area contributed by atoms with Crippen LogP contribution in [-0.2, 0) is 14.3 Å². The largest absolute Gasteiger partial charge is 0.466 e. The van der Waals surface area contributed by atoms with Crippen molar-refractivity contribution in [2.45, 2.75) is 257 Å². The summed E-state index contributed by atoms with van der Waals surface area (Å²) in [6.07, 6.45) is 46.3. The van der Waals surface area contributed by atoms with E-state index in [2.05, 4.69) is 19.2 Å². The molecule has 0 heterocycles. The van der Waals surface area contributed by atoms with Crippen molar-refractivity contribution in [3.8, 4) is 0 Å². The van der Waals surface area contributed by atoms with E-state index in [9.17, 15) is 19.8 Å². The topological polar surface area (TPSA) is 95.9 Å². The number of aliphatic hydroxyl groups is 2. The number of amides is 1. The van der Waals surface area contributed by atoms with E-state index in [-0.39, 0.29) is 18.5 Å². The number of rotatable bonds is 42. The fourth-order valence-corrected chi connectivity index (χ4v) is 6.98. The number of carbonyl (C=O) groups excluding carboxylic acids is 2. The first kappa shape index (κ1) is 50.6. The Bertz CT molecular complexity index is 772. The molecule has 0 saturated heterocycles. The first-order valence-electron chi connectivity index (χ1n) is 23.0. The molecular weight excluding hydrogens is 647 g/mol. The van der Waals surface area contributed by atoms with Gasteiger partial charge in [0, 0.05) is 12.8 Å². The fraction of sp³-hybridized carbons (Fsp3) is 0.913. The molecule has 0 bridgehead atoms. The normalized spacial score (nSPS) is 12.8. The number of hydrogen-bond donors (Lipinski definition) is 3. The third kappa shape index (κ3) is 38.3. The lowest BCUT2D eigenvalue weighted by Crippen LogP contribution is -2.45. The van der Waals surface area contributed by atoms with Crippen LogP contribution >= 0.6 is 0 Å². The quantitative estimate of drug-likeness (QED) is 0.0329. The molecule has 0 aliphatic rings. The van der Waals surface area contributed by atoms with E-state index in [1.165, 1.54) is 161 Å². The lowest BCUT2D eigenvalue weighted by molar-refractivity contribution is -0.143. The van der Waals surface area contributed by atoms with Crippen LogP contribution in [-0.4, -0.2) is 47.4 Å². The minimum absolute atomic E-state index is 0.0184. The van der Waals surface area contributed by atoms with Gasteiger partial charge in [0.05, 0.1) is 25.4 Å². The lowest BCUT2D eigenvalue weighted by Gasteiger charge is -2.20. The first-order chi connectivity index (χ1) is 25.5. The first-order valence-corrected chi connectivity index (χ1v) is 23.0. The van der Waals surface area contributed by atoms with Crippen molar-refractivity contribution in [2.24, 2.45) is 0 Å². The molecule has 1 amide bonds. The molecule has 0 aliphatic heterocycles. The Kier molecular flexibility index (Phi) is 41.2. The number of ether oxygens (including phenoxy) is 1. The smallest absolute Gasteiger partial charge is 0.305 e. The molecule has 6 heteroatoms. The van der Waals surface area contributed by atoms with Gasteiger partial charge in [-0.25, -0.2) is 0 Å². The van der Waals surface area contributed by atoms with E-state index in [0.29, 0.717) is 19.4 Å². The lowest BCUT2D eigenvalue weighted by atomic mass is 10.0. The van der Waals surface area contributed by atoms with Gasteiger partial charge < -0.3 is 20.3 Å². The summed E-state index contributed by atoms with van der Waals surface area (Å²) in [5.41, 5.74) is 0. The number of unbranched alkanes of at least 4 members (excludes halogenated alkanes) is 31. The van der Waals surface area contributed by atoms with Gasteiger partial charge in [0.2, 0.25) is 5.91 Å². The molecule has 52 heavy (non-hydrogen) atoms. The molecule has 0 aliphatic carbocycles.